The van der Waals surface area contributed by atoms with Crippen molar-refractivity contribution >= 4 is 17.7 Å². The lowest BCUT2D eigenvalue weighted by Crippen LogP contribution is -2.00. The Balaban J connectivity index is 2.63. The fourth-order valence-electron chi connectivity index (χ4n) is 0.879. The second-order valence-electron chi connectivity index (χ2n) is 2.86. The number of thioether (sulfide) groups is 1. The van der Waals surface area contributed by atoms with Gasteiger partial charge in [0, 0.05) is 10.5 Å². The molecule has 0 unspecified atom stereocenters. The van der Waals surface area contributed by atoms with Crippen LogP contribution >= 0.6 is 11.8 Å². The molecule has 0 aliphatic heterocycles. The SMILES string of the molecule is COC(=O)C(C)=CSc1ccc(F)cc1. The van der Waals surface area contributed by atoms with Gasteiger partial charge in [-0.05, 0) is 36.6 Å². The van der Waals surface area contributed by atoms with Crippen LogP contribution in [0.5, 0.6) is 0 Å². The highest BCUT2D eigenvalue weighted by Crippen LogP contribution is 2.20. The summed E-state index contributed by atoms with van der Waals surface area (Å²) in [6.07, 6.45) is 0. The lowest BCUT2D eigenvalue weighted by molar-refractivity contribution is -0.136. The Labute approximate surface area is 92.1 Å². The van der Waals surface area contributed by atoms with Gasteiger partial charge in [-0.3, -0.25) is 0 Å². The molecule has 1 aromatic carbocycles. The minimum absolute atomic E-state index is 0.270. The van der Waals surface area contributed by atoms with Crippen LogP contribution in [0, 0.1) is 5.82 Å². The van der Waals surface area contributed by atoms with Crippen molar-refractivity contribution in [2.75, 3.05) is 7.11 Å². The second-order valence-corrected chi connectivity index (χ2v) is 3.81. The molecule has 0 aromatic heterocycles. The molecule has 0 spiro atoms. The first kappa shape index (κ1) is 11.8. The molecule has 0 N–H and O–H groups in total. The molecule has 80 valence electrons. The number of esters is 1. The molecular formula is C11H11FO2S. The molecule has 1 rings (SSSR count). The van der Waals surface area contributed by atoms with E-state index in [1.165, 1.54) is 31.0 Å². The van der Waals surface area contributed by atoms with E-state index < -0.39 is 0 Å². The number of ether oxygens (including phenoxy) is 1. The highest BCUT2D eigenvalue weighted by atomic mass is 32.2. The van der Waals surface area contributed by atoms with Crippen molar-refractivity contribution in [2.24, 2.45) is 0 Å². The minimum Gasteiger partial charge on any atom is -0.466 e. The first-order valence-corrected chi connectivity index (χ1v) is 5.19. The number of hydrogen-bond donors (Lipinski definition) is 0. The fraction of sp³-hybridized carbons (Fsp3) is 0.182. The highest BCUT2D eigenvalue weighted by molar-refractivity contribution is 8.02. The molecule has 1 aromatic rings. The zero-order valence-electron chi connectivity index (χ0n) is 8.49. The Morgan fingerprint density at radius 3 is 2.53 bits per heavy atom. The number of benzene rings is 1. The van der Waals surface area contributed by atoms with Gasteiger partial charge in [0.05, 0.1) is 7.11 Å². The summed E-state index contributed by atoms with van der Waals surface area (Å²) >= 11 is 1.35. The van der Waals surface area contributed by atoms with Crippen molar-refractivity contribution in [1.82, 2.24) is 0 Å². The smallest absolute Gasteiger partial charge is 0.333 e. The third kappa shape index (κ3) is 3.75. The monoisotopic (exact) mass is 226 g/mol. The van der Waals surface area contributed by atoms with E-state index in [9.17, 15) is 9.18 Å². The normalized spacial score (nSPS) is 11.3. The molecule has 0 aliphatic carbocycles. The first-order valence-electron chi connectivity index (χ1n) is 4.31. The maximum absolute atomic E-state index is 12.6. The zero-order valence-corrected chi connectivity index (χ0v) is 9.31. The lowest BCUT2D eigenvalue weighted by Gasteiger charge is -1.99. The maximum atomic E-state index is 12.6. The summed E-state index contributed by atoms with van der Waals surface area (Å²) in [5.74, 6) is -0.627. The van der Waals surface area contributed by atoms with Gasteiger partial charge in [0.25, 0.3) is 0 Å². The van der Waals surface area contributed by atoms with Crippen LogP contribution < -0.4 is 0 Å². The van der Waals surface area contributed by atoms with E-state index >= 15 is 0 Å². The minimum atomic E-state index is -0.357. The van der Waals surface area contributed by atoms with Gasteiger partial charge in [-0.25, -0.2) is 9.18 Å². The van der Waals surface area contributed by atoms with E-state index in [2.05, 4.69) is 4.74 Å². The van der Waals surface area contributed by atoms with E-state index in [4.69, 9.17) is 0 Å². The van der Waals surface area contributed by atoms with Crippen LogP contribution in [-0.4, -0.2) is 13.1 Å². The molecule has 0 saturated heterocycles. The van der Waals surface area contributed by atoms with Gasteiger partial charge < -0.3 is 4.74 Å². The third-order valence-electron chi connectivity index (χ3n) is 1.69. The van der Waals surface area contributed by atoms with Crippen molar-refractivity contribution in [2.45, 2.75) is 11.8 Å². The molecule has 0 saturated carbocycles. The van der Waals surface area contributed by atoms with Gasteiger partial charge in [-0.15, -0.1) is 0 Å². The average molecular weight is 226 g/mol. The first-order chi connectivity index (χ1) is 7.13. The summed E-state index contributed by atoms with van der Waals surface area (Å²) < 4.78 is 17.1. The fourth-order valence-corrected chi connectivity index (χ4v) is 1.58. The van der Waals surface area contributed by atoms with Crippen molar-refractivity contribution in [3.63, 3.8) is 0 Å². The predicted molar refractivity (Wildman–Crippen MR) is 58.0 cm³/mol. The third-order valence-corrected chi connectivity index (χ3v) is 2.71. The van der Waals surface area contributed by atoms with Crippen LogP contribution in [0.25, 0.3) is 0 Å². The van der Waals surface area contributed by atoms with E-state index in [1.54, 1.807) is 24.5 Å². The Hall–Kier alpha value is -1.29. The van der Waals surface area contributed by atoms with E-state index in [0.29, 0.717) is 5.57 Å². The number of rotatable bonds is 3. The summed E-state index contributed by atoms with van der Waals surface area (Å²) in [5.41, 5.74) is 0.520. The van der Waals surface area contributed by atoms with Crippen molar-refractivity contribution < 1.29 is 13.9 Å². The number of methoxy groups -OCH3 is 1. The number of hydrogen-bond acceptors (Lipinski definition) is 3. The van der Waals surface area contributed by atoms with Gasteiger partial charge in [-0.1, -0.05) is 11.8 Å². The van der Waals surface area contributed by atoms with E-state index in [-0.39, 0.29) is 11.8 Å². The molecule has 0 amide bonds. The molecule has 0 heterocycles. The molecule has 0 fully saturated rings. The molecule has 15 heavy (non-hydrogen) atoms. The number of halogens is 1. The van der Waals surface area contributed by atoms with Crippen molar-refractivity contribution in [3.05, 3.63) is 41.1 Å². The maximum Gasteiger partial charge on any atom is 0.333 e. The Bertz CT molecular complexity index is 371. The summed E-state index contributed by atoms with van der Waals surface area (Å²) in [5, 5.41) is 1.68. The summed E-state index contributed by atoms with van der Waals surface area (Å²) in [4.78, 5) is 11.9. The van der Waals surface area contributed by atoms with Gasteiger partial charge >= 0.3 is 5.97 Å². The molecule has 2 nitrogen and oxygen atoms in total. The van der Waals surface area contributed by atoms with Crippen LogP contribution in [0.15, 0.2) is 40.1 Å². The Morgan fingerprint density at radius 1 is 1.40 bits per heavy atom. The standard InChI is InChI=1S/C11H11FO2S/c1-8(11(13)14-2)7-15-10-5-3-9(12)4-6-10/h3-7H,1-2H3. The van der Waals surface area contributed by atoms with Crippen molar-refractivity contribution in [3.8, 4) is 0 Å². The second kappa shape index (κ2) is 5.56. The van der Waals surface area contributed by atoms with Gasteiger partial charge in [-0.2, -0.15) is 0 Å². The molecule has 0 aliphatic rings. The molecule has 0 bridgehead atoms. The summed E-state index contributed by atoms with van der Waals surface area (Å²) in [7, 11) is 1.34. The van der Waals surface area contributed by atoms with Gasteiger partial charge in [0.2, 0.25) is 0 Å². The number of carbonyl (C=O) groups is 1. The van der Waals surface area contributed by atoms with Gasteiger partial charge in [0.15, 0.2) is 0 Å². The van der Waals surface area contributed by atoms with Crippen LogP contribution in [0.3, 0.4) is 0 Å². The summed E-state index contributed by atoms with van der Waals surface area (Å²) in [6.45, 7) is 1.67. The largest absolute Gasteiger partial charge is 0.466 e. The molecule has 0 atom stereocenters. The lowest BCUT2D eigenvalue weighted by atomic mass is 10.3. The Kier molecular flexibility index (Phi) is 4.37. The number of carbonyl (C=O) groups excluding carboxylic acids is 1. The zero-order chi connectivity index (χ0) is 11.3. The van der Waals surface area contributed by atoms with E-state index in [0.717, 1.165) is 4.90 Å². The van der Waals surface area contributed by atoms with Crippen LogP contribution in [0.4, 0.5) is 4.39 Å². The quantitative estimate of drug-likeness (QED) is 0.450. The topological polar surface area (TPSA) is 26.3 Å². The molecular weight excluding hydrogens is 215 g/mol. The van der Waals surface area contributed by atoms with Crippen LogP contribution in [0.2, 0.25) is 0 Å². The molecule has 0 radical (unpaired) electrons. The van der Waals surface area contributed by atoms with Crippen LogP contribution in [0.1, 0.15) is 6.92 Å². The van der Waals surface area contributed by atoms with E-state index in [1.807, 2.05) is 0 Å². The average Bonchev–Trinajstić information content (AvgIpc) is 2.26. The summed E-state index contributed by atoms with van der Waals surface area (Å²) in [6, 6.07) is 6.06. The highest BCUT2D eigenvalue weighted by Gasteiger charge is 2.02. The van der Waals surface area contributed by atoms with Crippen molar-refractivity contribution in [1.29, 1.82) is 0 Å². The van der Waals surface area contributed by atoms with Gasteiger partial charge in [0.1, 0.15) is 5.82 Å². The Morgan fingerprint density at radius 2 is 2.00 bits per heavy atom. The molecule has 4 heteroatoms. The van der Waals surface area contributed by atoms with Crippen LogP contribution in [-0.2, 0) is 9.53 Å². The predicted octanol–water partition coefficient (Wildman–Crippen LogP) is 2.99.